The van der Waals surface area contributed by atoms with Crippen LogP contribution < -0.4 is 9.62 Å². The Bertz CT molecular complexity index is 1790. The number of nitrogens with one attached hydrogen (secondary N) is 1. The molecule has 2 amide bonds. The summed E-state index contributed by atoms with van der Waals surface area (Å²) in [5.74, 6) is 7.18. The Labute approximate surface area is 269 Å². The lowest BCUT2D eigenvalue weighted by Crippen LogP contribution is -2.51. The van der Waals surface area contributed by atoms with Gasteiger partial charge in [0.05, 0.1) is 17.5 Å². The molecular formula is C35H37N5O5S. The summed E-state index contributed by atoms with van der Waals surface area (Å²) in [5, 5.41) is 9.58. The van der Waals surface area contributed by atoms with E-state index in [4.69, 9.17) is 0 Å². The quantitative estimate of drug-likeness (QED) is 0.389. The molecule has 3 aromatic rings. The van der Waals surface area contributed by atoms with Gasteiger partial charge in [-0.05, 0) is 98.1 Å². The summed E-state index contributed by atoms with van der Waals surface area (Å²) in [7, 11) is -3.75. The monoisotopic (exact) mass is 639 g/mol. The summed E-state index contributed by atoms with van der Waals surface area (Å²) in [4.78, 5) is 38.2. The average Bonchev–Trinajstić information content (AvgIpc) is 3.02. The number of carbonyl (C=O) groups is 2. The molecule has 0 atom stereocenters. The molecule has 5 fully saturated rings. The molecule has 8 rings (SSSR count). The molecule has 238 valence electrons. The van der Waals surface area contributed by atoms with Gasteiger partial charge in [0.1, 0.15) is 5.75 Å². The van der Waals surface area contributed by atoms with Crippen LogP contribution in [0.25, 0.3) is 0 Å². The lowest BCUT2D eigenvalue weighted by Gasteiger charge is -2.56. The first-order chi connectivity index (χ1) is 22.1. The molecule has 4 bridgehead atoms. The van der Waals surface area contributed by atoms with Crippen LogP contribution in [0.3, 0.4) is 0 Å². The molecule has 10 nitrogen and oxygen atoms in total. The molecule has 5 aliphatic rings. The molecular weight excluding hydrogens is 602 g/mol. The van der Waals surface area contributed by atoms with Gasteiger partial charge in [-0.2, -0.15) is 0 Å². The Morgan fingerprint density at radius 3 is 2.02 bits per heavy atom. The van der Waals surface area contributed by atoms with Crippen molar-refractivity contribution in [3.05, 3.63) is 83.4 Å². The third-order valence-electron chi connectivity index (χ3n) is 10.0. The van der Waals surface area contributed by atoms with Crippen LogP contribution >= 0.6 is 0 Å². The summed E-state index contributed by atoms with van der Waals surface area (Å²) in [6.45, 7) is 2.23. The molecule has 1 aromatic carbocycles. The van der Waals surface area contributed by atoms with Crippen molar-refractivity contribution in [3.8, 4) is 17.6 Å². The van der Waals surface area contributed by atoms with Crippen molar-refractivity contribution in [3.63, 3.8) is 0 Å². The van der Waals surface area contributed by atoms with Crippen LogP contribution in [-0.2, 0) is 10.0 Å². The Morgan fingerprint density at radius 2 is 1.41 bits per heavy atom. The minimum absolute atomic E-state index is 0.0299. The van der Waals surface area contributed by atoms with Crippen LogP contribution in [0.2, 0.25) is 0 Å². The SMILES string of the molecule is O=C(NS(=O)(=O)CC12CC3CC(CC(C3)C1)C2)c1ccc(N2CCN(C(=O)c3cncc(C#Cc4cncc(O)c4)c3)CC2)cc1. The Hall–Kier alpha value is -4.43. The number of hydrogen-bond donors (Lipinski definition) is 2. The van der Waals surface area contributed by atoms with Crippen LogP contribution in [0.15, 0.2) is 61.2 Å². The van der Waals surface area contributed by atoms with E-state index in [1.807, 2.05) is 12.1 Å². The minimum atomic E-state index is -3.75. The molecule has 2 aromatic heterocycles. The van der Waals surface area contributed by atoms with Gasteiger partial charge >= 0.3 is 0 Å². The van der Waals surface area contributed by atoms with E-state index < -0.39 is 15.9 Å². The zero-order chi connectivity index (χ0) is 31.9. The normalized spacial score (nSPS) is 25.1. The Morgan fingerprint density at radius 1 is 0.826 bits per heavy atom. The lowest BCUT2D eigenvalue weighted by molar-refractivity contribution is -0.0391. The number of anilines is 1. The maximum absolute atomic E-state index is 13.2. The second-order valence-electron chi connectivity index (χ2n) is 13.6. The van der Waals surface area contributed by atoms with Crippen LogP contribution in [-0.4, -0.2) is 72.1 Å². The fraction of sp³-hybridized carbons (Fsp3) is 0.429. The first-order valence-electron chi connectivity index (χ1n) is 15.9. The van der Waals surface area contributed by atoms with Gasteiger partial charge in [-0.15, -0.1) is 0 Å². The number of hydrogen-bond acceptors (Lipinski definition) is 8. The fourth-order valence-corrected chi connectivity index (χ4v) is 10.2. The number of piperazine rings is 1. The predicted molar refractivity (Wildman–Crippen MR) is 173 cm³/mol. The molecule has 2 N–H and O–H groups in total. The Balaban J connectivity index is 0.926. The smallest absolute Gasteiger partial charge is 0.264 e. The Kier molecular flexibility index (Phi) is 7.93. The second kappa shape index (κ2) is 12.1. The van der Waals surface area contributed by atoms with Gasteiger partial charge < -0.3 is 14.9 Å². The van der Waals surface area contributed by atoms with Gasteiger partial charge in [0, 0.05) is 67.1 Å². The number of aromatic nitrogens is 2. The van der Waals surface area contributed by atoms with E-state index in [2.05, 4.69) is 31.4 Å². The number of rotatable bonds is 6. The molecule has 4 saturated carbocycles. The maximum Gasteiger partial charge on any atom is 0.264 e. The number of pyridine rings is 2. The number of nitrogens with zero attached hydrogens (tertiary/aromatic N) is 4. The zero-order valence-corrected chi connectivity index (χ0v) is 26.4. The van der Waals surface area contributed by atoms with Gasteiger partial charge in [-0.1, -0.05) is 11.8 Å². The van der Waals surface area contributed by atoms with Crippen molar-refractivity contribution in [2.45, 2.75) is 38.5 Å². The van der Waals surface area contributed by atoms with E-state index in [0.717, 1.165) is 24.9 Å². The van der Waals surface area contributed by atoms with Crippen molar-refractivity contribution >= 4 is 27.5 Å². The van der Waals surface area contributed by atoms with Gasteiger partial charge in [-0.3, -0.25) is 19.6 Å². The number of amides is 2. The maximum atomic E-state index is 13.2. The molecule has 1 aliphatic heterocycles. The molecule has 3 heterocycles. The third kappa shape index (κ3) is 6.58. The zero-order valence-electron chi connectivity index (χ0n) is 25.6. The second-order valence-corrected chi connectivity index (χ2v) is 15.3. The highest BCUT2D eigenvalue weighted by Crippen LogP contribution is 2.60. The summed E-state index contributed by atoms with van der Waals surface area (Å²) < 4.78 is 28.6. The summed E-state index contributed by atoms with van der Waals surface area (Å²) >= 11 is 0. The number of sulfonamides is 1. The summed E-state index contributed by atoms with van der Waals surface area (Å²) in [6.07, 6.45) is 12.6. The van der Waals surface area contributed by atoms with Crippen molar-refractivity contribution < 1.29 is 23.1 Å². The summed E-state index contributed by atoms with van der Waals surface area (Å²) in [5.41, 5.74) is 2.62. The van der Waals surface area contributed by atoms with Crippen molar-refractivity contribution in [2.24, 2.45) is 23.2 Å². The van der Waals surface area contributed by atoms with E-state index in [1.165, 1.54) is 37.7 Å². The van der Waals surface area contributed by atoms with E-state index >= 15 is 0 Å². The third-order valence-corrected chi connectivity index (χ3v) is 11.5. The first-order valence-corrected chi connectivity index (χ1v) is 17.6. The lowest BCUT2D eigenvalue weighted by atomic mass is 9.50. The average molecular weight is 640 g/mol. The van der Waals surface area contributed by atoms with E-state index in [0.29, 0.717) is 66.2 Å². The fourth-order valence-electron chi connectivity index (χ4n) is 8.55. The number of aromatic hydroxyl groups is 1. The van der Waals surface area contributed by atoms with Crippen LogP contribution in [0.1, 0.15) is 70.4 Å². The number of carbonyl (C=O) groups excluding carboxylic acids is 2. The van der Waals surface area contributed by atoms with E-state index in [9.17, 15) is 23.1 Å². The van der Waals surface area contributed by atoms with Crippen molar-refractivity contribution in [1.29, 1.82) is 0 Å². The standard InChI is InChI=1S/C35H37N5O5S/c41-32-15-25(20-37-22-32)2-1-24-14-30(21-36-19-24)34(43)40-9-7-39(8-10-40)31-5-3-29(4-6-31)33(42)38-46(44,45)23-35-16-26-11-27(17-35)13-28(12-26)18-35/h3-6,14-15,19-22,26-28,41H,7-13,16-18,23H2,(H,38,42). The molecule has 46 heavy (non-hydrogen) atoms. The molecule has 4 aliphatic carbocycles. The van der Waals surface area contributed by atoms with Gasteiger partial charge in [0.2, 0.25) is 10.0 Å². The van der Waals surface area contributed by atoms with E-state index in [1.54, 1.807) is 35.5 Å². The minimum Gasteiger partial charge on any atom is -0.506 e. The highest BCUT2D eigenvalue weighted by atomic mass is 32.2. The van der Waals surface area contributed by atoms with Gasteiger partial charge in [0.15, 0.2) is 0 Å². The molecule has 0 unspecified atom stereocenters. The first kappa shape index (κ1) is 30.2. The van der Waals surface area contributed by atoms with Crippen molar-refractivity contribution in [2.75, 3.05) is 36.8 Å². The van der Waals surface area contributed by atoms with Gasteiger partial charge in [0.25, 0.3) is 11.8 Å². The van der Waals surface area contributed by atoms with Crippen LogP contribution in [0.5, 0.6) is 5.75 Å². The largest absolute Gasteiger partial charge is 0.506 e. The topological polar surface area (TPSA) is 133 Å². The van der Waals surface area contributed by atoms with E-state index in [-0.39, 0.29) is 22.8 Å². The highest BCUT2D eigenvalue weighted by molar-refractivity contribution is 7.90. The van der Waals surface area contributed by atoms with Crippen molar-refractivity contribution in [1.82, 2.24) is 19.6 Å². The molecule has 0 radical (unpaired) electrons. The van der Waals surface area contributed by atoms with Crippen LogP contribution in [0, 0.1) is 35.0 Å². The van der Waals surface area contributed by atoms with Crippen LogP contribution in [0.4, 0.5) is 5.69 Å². The number of benzene rings is 1. The predicted octanol–water partition coefficient (Wildman–Crippen LogP) is 3.82. The molecule has 11 heteroatoms. The molecule has 1 saturated heterocycles. The highest BCUT2D eigenvalue weighted by Gasteiger charge is 2.52. The summed E-state index contributed by atoms with van der Waals surface area (Å²) in [6, 6.07) is 10.2. The van der Waals surface area contributed by atoms with Gasteiger partial charge in [-0.25, -0.2) is 13.1 Å². The molecule has 0 spiro atoms.